The number of rotatable bonds is 6. The Kier molecular flexibility index (Phi) is 5.01. The predicted molar refractivity (Wildman–Crippen MR) is 83.1 cm³/mol. The molecule has 1 amide bonds. The van der Waals surface area contributed by atoms with Crippen LogP contribution in [0.1, 0.15) is 36.0 Å². The Morgan fingerprint density at radius 3 is 2.35 bits per heavy atom. The first-order chi connectivity index (χ1) is 9.63. The molecular formula is C16H25N3O. The second kappa shape index (κ2) is 6.75. The Morgan fingerprint density at radius 2 is 1.90 bits per heavy atom. The molecule has 4 nitrogen and oxygen atoms in total. The first-order valence-corrected chi connectivity index (χ1v) is 7.42. The van der Waals surface area contributed by atoms with Crippen molar-refractivity contribution in [2.24, 2.45) is 5.73 Å². The molecule has 0 heterocycles. The number of hydrogen-bond acceptors (Lipinski definition) is 3. The van der Waals surface area contributed by atoms with Gasteiger partial charge in [-0.15, -0.1) is 0 Å². The Balaban J connectivity index is 2.09. The summed E-state index contributed by atoms with van der Waals surface area (Å²) in [5.41, 5.74) is 7.47. The number of carbonyl (C=O) groups is 1. The van der Waals surface area contributed by atoms with Crippen molar-refractivity contribution in [3.8, 4) is 0 Å². The SMILES string of the molecule is CN(C)c1ccc(C(=O)N(CCCN)C2CCC2)cc1. The molecule has 2 N–H and O–H groups in total. The molecule has 0 radical (unpaired) electrons. The van der Waals surface area contributed by atoms with Gasteiger partial charge in [-0.3, -0.25) is 4.79 Å². The number of carbonyl (C=O) groups excluding carboxylic acids is 1. The minimum Gasteiger partial charge on any atom is -0.378 e. The minimum atomic E-state index is 0.147. The van der Waals surface area contributed by atoms with E-state index in [0.29, 0.717) is 12.6 Å². The molecule has 1 aliphatic rings. The van der Waals surface area contributed by atoms with Gasteiger partial charge in [0.15, 0.2) is 0 Å². The Morgan fingerprint density at radius 1 is 1.25 bits per heavy atom. The van der Waals surface area contributed by atoms with Crippen LogP contribution >= 0.6 is 0 Å². The zero-order valence-electron chi connectivity index (χ0n) is 12.5. The van der Waals surface area contributed by atoms with Crippen molar-refractivity contribution in [2.75, 3.05) is 32.1 Å². The van der Waals surface area contributed by atoms with Gasteiger partial charge in [-0.1, -0.05) is 0 Å². The van der Waals surface area contributed by atoms with E-state index in [-0.39, 0.29) is 5.91 Å². The number of nitrogens with zero attached hydrogens (tertiary/aromatic N) is 2. The summed E-state index contributed by atoms with van der Waals surface area (Å²) < 4.78 is 0. The standard InChI is InChI=1S/C16H25N3O/c1-18(2)14-9-7-13(8-10-14)16(20)19(12-4-11-17)15-5-3-6-15/h7-10,15H,3-6,11-12,17H2,1-2H3. The van der Waals surface area contributed by atoms with Gasteiger partial charge in [0.25, 0.3) is 5.91 Å². The first-order valence-electron chi connectivity index (χ1n) is 7.42. The largest absolute Gasteiger partial charge is 0.378 e. The summed E-state index contributed by atoms with van der Waals surface area (Å²) in [6.07, 6.45) is 4.37. The maximum absolute atomic E-state index is 12.6. The summed E-state index contributed by atoms with van der Waals surface area (Å²) in [5.74, 6) is 0.147. The minimum absolute atomic E-state index is 0.147. The maximum atomic E-state index is 12.6. The monoisotopic (exact) mass is 275 g/mol. The number of hydrogen-bond donors (Lipinski definition) is 1. The molecule has 1 aliphatic carbocycles. The summed E-state index contributed by atoms with van der Waals surface area (Å²) in [5, 5.41) is 0. The highest BCUT2D eigenvalue weighted by Crippen LogP contribution is 2.26. The summed E-state index contributed by atoms with van der Waals surface area (Å²) in [7, 11) is 4.00. The van der Waals surface area contributed by atoms with Gasteiger partial charge < -0.3 is 15.5 Å². The van der Waals surface area contributed by atoms with Crippen LogP contribution in [0, 0.1) is 0 Å². The number of amides is 1. The topological polar surface area (TPSA) is 49.6 Å². The Labute approximate surface area is 121 Å². The smallest absolute Gasteiger partial charge is 0.254 e. The van der Waals surface area contributed by atoms with Crippen LogP contribution in [-0.2, 0) is 0 Å². The molecule has 0 spiro atoms. The fourth-order valence-electron chi connectivity index (χ4n) is 2.48. The van der Waals surface area contributed by atoms with Crippen LogP contribution in [0.2, 0.25) is 0 Å². The first kappa shape index (κ1) is 14.9. The third-order valence-corrected chi connectivity index (χ3v) is 4.01. The molecule has 1 aromatic carbocycles. The summed E-state index contributed by atoms with van der Waals surface area (Å²) in [6, 6.07) is 8.25. The van der Waals surface area contributed by atoms with Crippen molar-refractivity contribution in [2.45, 2.75) is 31.7 Å². The fourth-order valence-corrected chi connectivity index (χ4v) is 2.48. The van der Waals surface area contributed by atoms with Gasteiger partial charge >= 0.3 is 0 Å². The lowest BCUT2D eigenvalue weighted by atomic mass is 9.90. The molecule has 110 valence electrons. The van der Waals surface area contributed by atoms with E-state index in [4.69, 9.17) is 5.73 Å². The number of anilines is 1. The summed E-state index contributed by atoms with van der Waals surface area (Å²) >= 11 is 0. The molecular weight excluding hydrogens is 250 g/mol. The van der Waals surface area contributed by atoms with E-state index < -0.39 is 0 Å². The van der Waals surface area contributed by atoms with Crippen LogP contribution in [0.25, 0.3) is 0 Å². The van der Waals surface area contributed by atoms with E-state index >= 15 is 0 Å². The molecule has 0 saturated heterocycles. The van der Waals surface area contributed by atoms with Crippen LogP contribution < -0.4 is 10.6 Å². The fraction of sp³-hybridized carbons (Fsp3) is 0.562. The lowest BCUT2D eigenvalue weighted by Gasteiger charge is -2.37. The number of nitrogens with two attached hydrogens (primary N) is 1. The van der Waals surface area contributed by atoms with Crippen LogP contribution in [0.4, 0.5) is 5.69 Å². The zero-order valence-corrected chi connectivity index (χ0v) is 12.5. The van der Waals surface area contributed by atoms with Gasteiger partial charge in [-0.2, -0.15) is 0 Å². The van der Waals surface area contributed by atoms with Gasteiger partial charge in [0.1, 0.15) is 0 Å². The summed E-state index contributed by atoms with van der Waals surface area (Å²) in [4.78, 5) is 16.7. The van der Waals surface area contributed by atoms with Gasteiger partial charge in [0, 0.05) is 37.9 Å². The van der Waals surface area contributed by atoms with Crippen molar-refractivity contribution >= 4 is 11.6 Å². The number of benzene rings is 1. The Hall–Kier alpha value is -1.55. The normalized spacial score (nSPS) is 14.8. The second-order valence-corrected chi connectivity index (χ2v) is 5.67. The Bertz CT molecular complexity index is 438. The maximum Gasteiger partial charge on any atom is 0.254 e. The lowest BCUT2D eigenvalue weighted by molar-refractivity contribution is 0.0578. The van der Waals surface area contributed by atoms with E-state index in [1.807, 2.05) is 48.2 Å². The van der Waals surface area contributed by atoms with Gasteiger partial charge in [0.05, 0.1) is 0 Å². The van der Waals surface area contributed by atoms with E-state index in [1.165, 1.54) is 6.42 Å². The molecule has 1 aromatic rings. The molecule has 0 aliphatic heterocycles. The van der Waals surface area contributed by atoms with Crippen LogP contribution in [-0.4, -0.2) is 44.0 Å². The molecule has 0 unspecified atom stereocenters. The highest BCUT2D eigenvalue weighted by Gasteiger charge is 2.28. The average molecular weight is 275 g/mol. The average Bonchev–Trinajstić information content (AvgIpc) is 2.40. The van der Waals surface area contributed by atoms with E-state index in [1.54, 1.807) is 0 Å². The van der Waals surface area contributed by atoms with Crippen LogP contribution in [0.15, 0.2) is 24.3 Å². The molecule has 1 fully saturated rings. The molecule has 0 aromatic heterocycles. The van der Waals surface area contributed by atoms with Crippen molar-refractivity contribution in [1.82, 2.24) is 4.90 Å². The third-order valence-electron chi connectivity index (χ3n) is 4.01. The van der Waals surface area contributed by atoms with Crippen molar-refractivity contribution in [3.05, 3.63) is 29.8 Å². The van der Waals surface area contributed by atoms with Gasteiger partial charge in [0.2, 0.25) is 0 Å². The quantitative estimate of drug-likeness (QED) is 0.865. The molecule has 2 rings (SSSR count). The highest BCUT2D eigenvalue weighted by atomic mass is 16.2. The van der Waals surface area contributed by atoms with Crippen molar-refractivity contribution in [1.29, 1.82) is 0 Å². The van der Waals surface area contributed by atoms with E-state index in [9.17, 15) is 4.79 Å². The third kappa shape index (κ3) is 3.31. The molecule has 0 bridgehead atoms. The highest BCUT2D eigenvalue weighted by molar-refractivity contribution is 5.94. The molecule has 4 heteroatoms. The molecule has 1 saturated carbocycles. The van der Waals surface area contributed by atoms with Crippen LogP contribution in [0.3, 0.4) is 0 Å². The van der Waals surface area contributed by atoms with Crippen LogP contribution in [0.5, 0.6) is 0 Å². The summed E-state index contributed by atoms with van der Waals surface area (Å²) in [6.45, 7) is 1.41. The molecule has 0 atom stereocenters. The van der Waals surface area contributed by atoms with E-state index in [0.717, 1.165) is 37.1 Å². The second-order valence-electron chi connectivity index (χ2n) is 5.67. The van der Waals surface area contributed by atoms with Gasteiger partial charge in [-0.25, -0.2) is 0 Å². The zero-order chi connectivity index (χ0) is 14.5. The van der Waals surface area contributed by atoms with E-state index in [2.05, 4.69) is 0 Å². The lowest BCUT2D eigenvalue weighted by Crippen LogP contribution is -2.45. The molecule has 20 heavy (non-hydrogen) atoms. The predicted octanol–water partition coefficient (Wildman–Crippen LogP) is 2.10. The van der Waals surface area contributed by atoms with Gasteiger partial charge in [-0.05, 0) is 56.5 Å². The van der Waals surface area contributed by atoms with Crippen molar-refractivity contribution < 1.29 is 4.79 Å². The van der Waals surface area contributed by atoms with Crippen molar-refractivity contribution in [3.63, 3.8) is 0 Å².